The predicted octanol–water partition coefficient (Wildman–Crippen LogP) is 10.6. The Hall–Kier alpha value is -4.66. The van der Waals surface area contributed by atoms with Crippen LogP contribution in [0.1, 0.15) is 0 Å². The van der Waals surface area contributed by atoms with Crippen LogP contribution in [0, 0.1) is 0 Å². The van der Waals surface area contributed by atoms with E-state index in [4.69, 9.17) is 0 Å². The Morgan fingerprint density at radius 2 is 0.921 bits per heavy atom. The van der Waals surface area contributed by atoms with Gasteiger partial charge in [0.1, 0.15) is 0 Å². The zero-order chi connectivity index (χ0) is 24.8. The minimum atomic E-state index is 1.25. The molecule has 0 saturated carbocycles. The Balaban J connectivity index is 1.52. The maximum atomic E-state index is 2.49. The molecule has 2 aromatic heterocycles. The van der Waals surface area contributed by atoms with E-state index in [1.165, 1.54) is 80.0 Å². The third kappa shape index (κ3) is 2.60. The van der Waals surface area contributed by atoms with Crippen molar-refractivity contribution in [2.45, 2.75) is 0 Å². The van der Waals surface area contributed by atoms with Crippen LogP contribution in [0.15, 0.2) is 127 Å². The fourth-order valence-electron chi connectivity index (χ4n) is 6.53. The lowest BCUT2D eigenvalue weighted by Gasteiger charge is -2.13. The average Bonchev–Trinajstić information content (AvgIpc) is 3.52. The number of fused-ring (bicyclic) bond motifs is 12. The molecule has 2 heterocycles. The first-order valence-corrected chi connectivity index (χ1v) is 13.9. The lowest BCUT2D eigenvalue weighted by molar-refractivity contribution is 1.20. The lowest BCUT2D eigenvalue weighted by Crippen LogP contribution is -1.94. The van der Waals surface area contributed by atoms with Crippen molar-refractivity contribution in [1.82, 2.24) is 4.57 Å². The van der Waals surface area contributed by atoms with Crippen LogP contribution in [-0.4, -0.2) is 4.57 Å². The summed E-state index contributed by atoms with van der Waals surface area (Å²) in [6.45, 7) is 0. The number of nitrogens with zero attached hydrogens (tertiary/aromatic N) is 1. The van der Waals surface area contributed by atoms with Gasteiger partial charge in [0, 0.05) is 26.2 Å². The van der Waals surface area contributed by atoms with Crippen LogP contribution in [0.25, 0.3) is 80.0 Å². The fourth-order valence-corrected chi connectivity index (χ4v) is 7.74. The van der Waals surface area contributed by atoms with Gasteiger partial charge in [-0.1, -0.05) is 97.1 Å². The van der Waals surface area contributed by atoms with Gasteiger partial charge in [-0.2, -0.15) is 0 Å². The summed E-state index contributed by atoms with van der Waals surface area (Å²) in [6, 6.07) is 46.9. The zero-order valence-corrected chi connectivity index (χ0v) is 21.3. The largest absolute Gasteiger partial charge is 0.308 e. The van der Waals surface area contributed by atoms with Crippen molar-refractivity contribution in [2.24, 2.45) is 0 Å². The average molecular weight is 500 g/mol. The van der Waals surface area contributed by atoms with Crippen LogP contribution in [0.4, 0.5) is 0 Å². The Morgan fingerprint density at radius 3 is 1.66 bits per heavy atom. The van der Waals surface area contributed by atoms with Crippen molar-refractivity contribution in [3.8, 4) is 5.69 Å². The molecule has 0 atom stereocenters. The number of para-hydroxylation sites is 1. The number of benzene rings is 7. The Bertz CT molecular complexity index is 2400. The third-order valence-corrected chi connectivity index (χ3v) is 9.37. The van der Waals surface area contributed by atoms with Crippen molar-refractivity contribution < 1.29 is 0 Å². The van der Waals surface area contributed by atoms with E-state index >= 15 is 0 Å². The smallest absolute Gasteiger partial charge is 0.0640 e. The van der Waals surface area contributed by atoms with E-state index in [2.05, 4.69) is 132 Å². The third-order valence-electron chi connectivity index (χ3n) is 8.16. The highest BCUT2D eigenvalue weighted by atomic mass is 32.1. The maximum Gasteiger partial charge on any atom is 0.0640 e. The maximum absolute atomic E-state index is 2.49. The second-order valence-electron chi connectivity index (χ2n) is 10.1. The first-order chi connectivity index (χ1) is 18.9. The van der Waals surface area contributed by atoms with Crippen LogP contribution in [-0.2, 0) is 0 Å². The molecule has 9 aromatic rings. The van der Waals surface area contributed by atoms with Crippen LogP contribution >= 0.6 is 11.3 Å². The van der Waals surface area contributed by atoms with E-state index in [0.717, 1.165) is 0 Å². The van der Waals surface area contributed by atoms with Crippen molar-refractivity contribution in [3.63, 3.8) is 0 Å². The van der Waals surface area contributed by atoms with Crippen LogP contribution < -0.4 is 0 Å². The summed E-state index contributed by atoms with van der Waals surface area (Å²) < 4.78 is 5.16. The number of aromatic nitrogens is 1. The SMILES string of the molecule is c1ccc2c(c1)sc1c(-n3c4ccccc4c4cc5c6ccccc6c6ccccc6c5cc43)cccc12. The number of thiophene rings is 1. The second-order valence-corrected chi connectivity index (χ2v) is 11.2. The topological polar surface area (TPSA) is 4.93 Å². The van der Waals surface area contributed by atoms with Gasteiger partial charge in [-0.05, 0) is 62.6 Å². The number of hydrogen-bond acceptors (Lipinski definition) is 1. The second kappa shape index (κ2) is 7.44. The summed E-state index contributed by atoms with van der Waals surface area (Å²) in [5.41, 5.74) is 3.75. The van der Waals surface area contributed by atoms with E-state index in [1.807, 2.05) is 11.3 Å². The molecule has 0 spiro atoms. The van der Waals surface area contributed by atoms with Gasteiger partial charge in [0.05, 0.1) is 21.4 Å². The van der Waals surface area contributed by atoms with Crippen molar-refractivity contribution in [2.75, 3.05) is 0 Å². The van der Waals surface area contributed by atoms with Crippen molar-refractivity contribution in [1.29, 1.82) is 0 Å². The van der Waals surface area contributed by atoms with Crippen LogP contribution in [0.3, 0.4) is 0 Å². The molecule has 7 aromatic carbocycles. The van der Waals surface area contributed by atoms with E-state index in [0.29, 0.717) is 0 Å². The van der Waals surface area contributed by atoms with E-state index in [-0.39, 0.29) is 0 Å². The van der Waals surface area contributed by atoms with Gasteiger partial charge in [0.2, 0.25) is 0 Å². The summed E-state index contributed by atoms with van der Waals surface area (Å²) in [6.07, 6.45) is 0. The first kappa shape index (κ1) is 20.4. The fraction of sp³-hybridized carbons (Fsp3) is 0. The highest BCUT2D eigenvalue weighted by Crippen LogP contribution is 2.43. The summed E-state index contributed by atoms with van der Waals surface area (Å²) in [7, 11) is 0. The number of rotatable bonds is 1. The molecule has 0 saturated heterocycles. The molecule has 0 aliphatic rings. The highest BCUT2D eigenvalue weighted by molar-refractivity contribution is 7.26. The Labute approximate surface area is 222 Å². The van der Waals surface area contributed by atoms with Gasteiger partial charge >= 0.3 is 0 Å². The molecular formula is C36H21NS. The minimum Gasteiger partial charge on any atom is -0.308 e. The van der Waals surface area contributed by atoms with Crippen LogP contribution in [0.5, 0.6) is 0 Å². The lowest BCUT2D eigenvalue weighted by atomic mass is 9.93. The van der Waals surface area contributed by atoms with E-state index in [9.17, 15) is 0 Å². The summed E-state index contributed by atoms with van der Waals surface area (Å²) >= 11 is 1.89. The zero-order valence-electron chi connectivity index (χ0n) is 20.5. The monoisotopic (exact) mass is 499 g/mol. The molecule has 0 radical (unpaired) electrons. The molecule has 0 aliphatic carbocycles. The molecule has 0 unspecified atom stereocenters. The van der Waals surface area contributed by atoms with Gasteiger partial charge in [-0.25, -0.2) is 0 Å². The number of hydrogen-bond donors (Lipinski definition) is 0. The van der Waals surface area contributed by atoms with Gasteiger partial charge in [0.25, 0.3) is 0 Å². The van der Waals surface area contributed by atoms with E-state index in [1.54, 1.807) is 0 Å². The quantitative estimate of drug-likeness (QED) is 0.198. The van der Waals surface area contributed by atoms with Crippen molar-refractivity contribution in [3.05, 3.63) is 127 Å². The molecule has 0 fully saturated rings. The molecule has 9 rings (SSSR count). The first-order valence-electron chi connectivity index (χ1n) is 13.0. The molecule has 0 aliphatic heterocycles. The Morgan fingerprint density at radius 1 is 0.368 bits per heavy atom. The molecule has 38 heavy (non-hydrogen) atoms. The molecule has 0 bridgehead atoms. The van der Waals surface area contributed by atoms with Gasteiger partial charge in [-0.3, -0.25) is 0 Å². The summed E-state index contributed by atoms with van der Waals surface area (Å²) in [5, 5.41) is 13.1. The predicted molar refractivity (Wildman–Crippen MR) is 166 cm³/mol. The molecule has 2 heteroatoms. The summed E-state index contributed by atoms with van der Waals surface area (Å²) in [5.74, 6) is 0. The molecular weight excluding hydrogens is 478 g/mol. The highest BCUT2D eigenvalue weighted by Gasteiger charge is 2.18. The van der Waals surface area contributed by atoms with E-state index < -0.39 is 0 Å². The molecule has 0 N–H and O–H groups in total. The summed E-state index contributed by atoms with van der Waals surface area (Å²) in [4.78, 5) is 0. The molecule has 1 nitrogen and oxygen atoms in total. The van der Waals surface area contributed by atoms with Gasteiger partial charge < -0.3 is 4.57 Å². The normalized spacial score (nSPS) is 12.2. The standard InChI is InChI=1S/C36H21NS/c1-3-12-24-22(10-1)23-11-2-4-13-25(23)30-21-34-31(20-29(24)30)26-14-5-7-17-32(26)37(34)33-18-9-16-28-27-15-6-8-19-35(27)38-36(28)33/h1-21H. The minimum absolute atomic E-state index is 1.25. The van der Waals surface area contributed by atoms with Gasteiger partial charge in [-0.15, -0.1) is 11.3 Å². The molecule has 176 valence electrons. The molecule has 0 amide bonds. The van der Waals surface area contributed by atoms with Gasteiger partial charge in [0.15, 0.2) is 0 Å². The Kier molecular flexibility index (Phi) is 3.99. The van der Waals surface area contributed by atoms with Crippen LogP contribution in [0.2, 0.25) is 0 Å². The van der Waals surface area contributed by atoms with Crippen molar-refractivity contribution >= 4 is 85.6 Å².